The lowest BCUT2D eigenvalue weighted by atomic mass is 10.2. The van der Waals surface area contributed by atoms with Crippen LogP contribution in [0.2, 0.25) is 0 Å². The van der Waals surface area contributed by atoms with Gasteiger partial charge in [-0.1, -0.05) is 18.2 Å². The van der Waals surface area contributed by atoms with E-state index in [4.69, 9.17) is 0 Å². The molecular formula is C23H22FN5O3. The van der Waals surface area contributed by atoms with Gasteiger partial charge in [-0.05, 0) is 42.5 Å². The first kappa shape index (κ1) is 21.4. The molecule has 32 heavy (non-hydrogen) atoms. The van der Waals surface area contributed by atoms with E-state index in [1.54, 1.807) is 4.90 Å². The van der Waals surface area contributed by atoms with Crippen LogP contribution < -0.4 is 10.9 Å². The van der Waals surface area contributed by atoms with Crippen molar-refractivity contribution in [2.24, 2.45) is 0 Å². The minimum atomic E-state index is -0.427. The van der Waals surface area contributed by atoms with E-state index in [9.17, 15) is 18.8 Å². The summed E-state index contributed by atoms with van der Waals surface area (Å²) in [5, 5.41) is 7.03. The Labute approximate surface area is 183 Å². The van der Waals surface area contributed by atoms with Crippen LogP contribution in [-0.4, -0.2) is 64.1 Å². The Morgan fingerprint density at radius 2 is 1.59 bits per heavy atom. The van der Waals surface area contributed by atoms with Crippen molar-refractivity contribution in [2.75, 3.05) is 38.0 Å². The van der Waals surface area contributed by atoms with Crippen molar-refractivity contribution >= 4 is 17.5 Å². The smallest absolute Gasteiger partial charge is 0.274 e. The maximum atomic E-state index is 13.2. The molecule has 8 nitrogen and oxygen atoms in total. The second kappa shape index (κ2) is 9.52. The molecule has 164 valence electrons. The predicted molar refractivity (Wildman–Crippen MR) is 117 cm³/mol. The third-order valence-electron chi connectivity index (χ3n) is 5.17. The highest BCUT2D eigenvalue weighted by atomic mass is 19.1. The third kappa shape index (κ3) is 5.06. The topological polar surface area (TPSA) is 87.5 Å². The molecule has 2 heterocycles. The Morgan fingerprint density at radius 3 is 2.28 bits per heavy atom. The maximum Gasteiger partial charge on any atom is 0.274 e. The lowest BCUT2D eigenvalue weighted by Crippen LogP contribution is -2.50. The van der Waals surface area contributed by atoms with Crippen molar-refractivity contribution < 1.29 is 14.0 Å². The average molecular weight is 435 g/mol. The molecule has 0 atom stereocenters. The van der Waals surface area contributed by atoms with Gasteiger partial charge in [0.2, 0.25) is 5.91 Å². The highest BCUT2D eigenvalue weighted by Gasteiger charge is 2.24. The van der Waals surface area contributed by atoms with E-state index in [1.165, 1.54) is 36.4 Å². The van der Waals surface area contributed by atoms with Crippen LogP contribution in [0, 0.1) is 5.82 Å². The van der Waals surface area contributed by atoms with Crippen LogP contribution in [-0.2, 0) is 4.79 Å². The van der Waals surface area contributed by atoms with Crippen molar-refractivity contribution in [3.8, 4) is 5.69 Å². The first-order valence-corrected chi connectivity index (χ1v) is 10.2. The molecule has 0 bridgehead atoms. The molecule has 1 aromatic heterocycles. The Kier molecular flexibility index (Phi) is 6.37. The number of anilines is 1. The fourth-order valence-corrected chi connectivity index (χ4v) is 3.49. The number of benzene rings is 2. The maximum absolute atomic E-state index is 13.2. The molecule has 9 heteroatoms. The van der Waals surface area contributed by atoms with Crippen LogP contribution in [0.5, 0.6) is 0 Å². The molecule has 1 aliphatic heterocycles. The summed E-state index contributed by atoms with van der Waals surface area (Å²) in [5.41, 5.74) is 0.834. The highest BCUT2D eigenvalue weighted by Crippen LogP contribution is 2.10. The minimum Gasteiger partial charge on any atom is -0.335 e. The van der Waals surface area contributed by atoms with Crippen molar-refractivity contribution in [3.05, 3.63) is 88.6 Å². The van der Waals surface area contributed by atoms with Gasteiger partial charge in [-0.15, -0.1) is 0 Å². The van der Waals surface area contributed by atoms with Gasteiger partial charge in [-0.25, -0.2) is 4.39 Å². The summed E-state index contributed by atoms with van der Waals surface area (Å²) in [6, 6.07) is 17.2. The lowest BCUT2D eigenvalue weighted by Gasteiger charge is -2.34. The molecule has 0 saturated carbocycles. The van der Waals surface area contributed by atoms with E-state index in [0.29, 0.717) is 31.9 Å². The number of hydrogen-bond acceptors (Lipinski definition) is 5. The second-order valence-electron chi connectivity index (χ2n) is 7.43. The van der Waals surface area contributed by atoms with Gasteiger partial charge in [0.15, 0.2) is 0 Å². The second-order valence-corrected chi connectivity index (χ2v) is 7.43. The van der Waals surface area contributed by atoms with E-state index >= 15 is 0 Å². The van der Waals surface area contributed by atoms with E-state index in [2.05, 4.69) is 10.4 Å². The monoisotopic (exact) mass is 435 g/mol. The van der Waals surface area contributed by atoms with Crippen molar-refractivity contribution in [1.82, 2.24) is 19.6 Å². The number of carbonyl (C=O) groups excluding carboxylic acids is 2. The molecule has 0 spiro atoms. The zero-order valence-corrected chi connectivity index (χ0v) is 17.3. The highest BCUT2D eigenvalue weighted by molar-refractivity contribution is 5.93. The van der Waals surface area contributed by atoms with Crippen LogP contribution >= 0.6 is 0 Å². The minimum absolute atomic E-state index is 0.107. The number of hydrogen-bond donors (Lipinski definition) is 1. The summed E-state index contributed by atoms with van der Waals surface area (Å²) in [6.45, 7) is 2.21. The molecule has 1 N–H and O–H groups in total. The van der Waals surface area contributed by atoms with Crippen molar-refractivity contribution in [3.63, 3.8) is 0 Å². The molecule has 0 aliphatic carbocycles. The SMILES string of the molecule is O=C(CN1CCN(C(=O)c2ccc(=O)n(-c3ccc(F)cc3)n2)CC1)Nc1ccccc1. The van der Waals surface area contributed by atoms with Gasteiger partial charge in [0.1, 0.15) is 11.5 Å². The van der Waals surface area contributed by atoms with E-state index < -0.39 is 11.4 Å². The van der Waals surface area contributed by atoms with E-state index in [1.807, 2.05) is 35.2 Å². The summed E-state index contributed by atoms with van der Waals surface area (Å²) < 4.78 is 14.3. The van der Waals surface area contributed by atoms with Crippen LogP contribution in [0.25, 0.3) is 5.69 Å². The molecule has 0 unspecified atom stereocenters. The number of amides is 2. The Morgan fingerprint density at radius 1 is 0.906 bits per heavy atom. The number of para-hydroxylation sites is 1. The molecule has 0 radical (unpaired) electrons. The zero-order valence-electron chi connectivity index (χ0n) is 17.3. The van der Waals surface area contributed by atoms with Gasteiger partial charge < -0.3 is 10.2 Å². The lowest BCUT2D eigenvalue weighted by molar-refractivity contribution is -0.117. The number of halogens is 1. The fraction of sp³-hybridized carbons (Fsp3) is 0.217. The van der Waals surface area contributed by atoms with Gasteiger partial charge in [0, 0.05) is 37.9 Å². The zero-order chi connectivity index (χ0) is 22.5. The summed E-state index contributed by atoms with van der Waals surface area (Å²) in [7, 11) is 0. The van der Waals surface area contributed by atoms with Crippen LogP contribution in [0.4, 0.5) is 10.1 Å². The molecule has 3 aromatic rings. The number of piperazine rings is 1. The molecule has 4 rings (SSSR count). The summed E-state index contributed by atoms with van der Waals surface area (Å²) in [6.07, 6.45) is 0. The number of nitrogens with one attached hydrogen (secondary N) is 1. The van der Waals surface area contributed by atoms with Gasteiger partial charge >= 0.3 is 0 Å². The number of carbonyl (C=O) groups is 2. The normalized spacial score (nSPS) is 14.2. The summed E-state index contributed by atoms with van der Waals surface area (Å²) in [5.74, 6) is -0.831. The number of rotatable bonds is 5. The summed E-state index contributed by atoms with van der Waals surface area (Å²) >= 11 is 0. The number of nitrogens with zero attached hydrogens (tertiary/aromatic N) is 4. The predicted octanol–water partition coefficient (Wildman–Crippen LogP) is 1.77. The van der Waals surface area contributed by atoms with Crippen LogP contribution in [0.15, 0.2) is 71.5 Å². The number of aromatic nitrogens is 2. The first-order valence-electron chi connectivity index (χ1n) is 10.2. The van der Waals surface area contributed by atoms with Gasteiger partial charge in [0.25, 0.3) is 11.5 Å². The molecule has 1 aliphatic rings. The quantitative estimate of drug-likeness (QED) is 0.660. The van der Waals surface area contributed by atoms with E-state index in [0.717, 1.165) is 10.4 Å². The van der Waals surface area contributed by atoms with Gasteiger partial charge in [-0.3, -0.25) is 19.3 Å². The fourth-order valence-electron chi connectivity index (χ4n) is 3.49. The molecule has 1 fully saturated rings. The molecular weight excluding hydrogens is 413 g/mol. The standard InChI is InChI=1S/C23H22FN5O3/c24-17-6-8-19(9-7-17)29-22(31)11-10-20(26-29)23(32)28-14-12-27(13-15-28)16-21(30)25-18-4-2-1-3-5-18/h1-11H,12-16H2,(H,25,30). The van der Waals surface area contributed by atoms with Crippen molar-refractivity contribution in [1.29, 1.82) is 0 Å². The molecule has 1 saturated heterocycles. The van der Waals surface area contributed by atoms with Crippen molar-refractivity contribution in [2.45, 2.75) is 0 Å². The van der Waals surface area contributed by atoms with Crippen LogP contribution in [0.3, 0.4) is 0 Å². The van der Waals surface area contributed by atoms with E-state index in [-0.39, 0.29) is 24.1 Å². The Balaban J connectivity index is 1.36. The third-order valence-corrected chi connectivity index (χ3v) is 5.17. The average Bonchev–Trinajstić information content (AvgIpc) is 2.81. The van der Waals surface area contributed by atoms with Gasteiger partial charge in [0.05, 0.1) is 12.2 Å². The Hall–Kier alpha value is -3.85. The first-order chi connectivity index (χ1) is 15.5. The largest absolute Gasteiger partial charge is 0.335 e. The summed E-state index contributed by atoms with van der Waals surface area (Å²) in [4.78, 5) is 40.9. The van der Waals surface area contributed by atoms with Crippen LogP contribution in [0.1, 0.15) is 10.5 Å². The molecule has 2 aromatic carbocycles. The van der Waals surface area contributed by atoms with Gasteiger partial charge in [-0.2, -0.15) is 9.78 Å². The molecule has 2 amide bonds. The Bertz CT molecular complexity index is 1160.